The third-order valence-electron chi connectivity index (χ3n) is 4.07. The number of aryl methyl sites for hydroxylation is 1. The van der Waals surface area contributed by atoms with E-state index in [9.17, 15) is 13.2 Å². The van der Waals surface area contributed by atoms with Crippen molar-refractivity contribution in [3.05, 3.63) is 64.9 Å². The van der Waals surface area contributed by atoms with E-state index in [1.807, 2.05) is 6.92 Å². The van der Waals surface area contributed by atoms with E-state index >= 15 is 0 Å². The molecule has 29 heavy (non-hydrogen) atoms. The molecule has 3 rings (SSSR count). The Morgan fingerprint density at radius 2 is 1.72 bits per heavy atom. The van der Waals surface area contributed by atoms with Crippen LogP contribution in [0.2, 0.25) is 0 Å². The van der Waals surface area contributed by atoms with Gasteiger partial charge in [0.15, 0.2) is 0 Å². The topological polar surface area (TPSA) is 102 Å². The quantitative estimate of drug-likeness (QED) is 0.538. The summed E-state index contributed by atoms with van der Waals surface area (Å²) in [6.07, 6.45) is 1.55. The number of ether oxygens (including phenoxy) is 1. The minimum Gasteiger partial charge on any atom is -0.497 e. The van der Waals surface area contributed by atoms with Crippen LogP contribution in [0.25, 0.3) is 0 Å². The maximum Gasteiger partial charge on any atom is 0.275 e. The van der Waals surface area contributed by atoms with Crippen molar-refractivity contribution in [2.24, 2.45) is 0 Å². The summed E-state index contributed by atoms with van der Waals surface area (Å²) in [4.78, 5) is 12.6. The summed E-state index contributed by atoms with van der Waals surface area (Å²) >= 11 is 3.31. The highest BCUT2D eigenvalue weighted by Crippen LogP contribution is 2.22. The SMILES string of the molecule is CCn1ncc(Br)c1C(=O)Nc1ccc(S(=O)(=O)Nc2ccc(OC)cc2)cc1. The summed E-state index contributed by atoms with van der Waals surface area (Å²) in [6, 6.07) is 12.5. The molecule has 0 unspecified atom stereocenters. The van der Waals surface area contributed by atoms with Crippen LogP contribution >= 0.6 is 15.9 Å². The maximum atomic E-state index is 12.6. The van der Waals surface area contributed by atoms with E-state index in [0.717, 1.165) is 0 Å². The van der Waals surface area contributed by atoms with Gasteiger partial charge in [0.1, 0.15) is 11.4 Å². The largest absolute Gasteiger partial charge is 0.497 e. The predicted molar refractivity (Wildman–Crippen MR) is 114 cm³/mol. The fourth-order valence-electron chi connectivity index (χ4n) is 2.61. The van der Waals surface area contributed by atoms with Crippen molar-refractivity contribution >= 4 is 43.2 Å². The molecule has 0 saturated carbocycles. The van der Waals surface area contributed by atoms with Gasteiger partial charge < -0.3 is 10.1 Å². The highest BCUT2D eigenvalue weighted by molar-refractivity contribution is 9.10. The first-order valence-corrected chi connectivity index (χ1v) is 10.9. The molecular formula is C19H19BrN4O4S. The number of carbonyl (C=O) groups is 1. The first-order chi connectivity index (χ1) is 13.8. The van der Waals surface area contributed by atoms with Gasteiger partial charge in [-0.2, -0.15) is 5.10 Å². The van der Waals surface area contributed by atoms with Gasteiger partial charge in [-0.1, -0.05) is 0 Å². The number of hydrogen-bond acceptors (Lipinski definition) is 5. The van der Waals surface area contributed by atoms with E-state index in [-0.39, 0.29) is 10.8 Å². The molecule has 2 aromatic carbocycles. The monoisotopic (exact) mass is 478 g/mol. The molecule has 0 aliphatic rings. The average molecular weight is 479 g/mol. The number of aromatic nitrogens is 2. The van der Waals surface area contributed by atoms with Crippen molar-refractivity contribution in [1.82, 2.24) is 9.78 Å². The summed E-state index contributed by atoms with van der Waals surface area (Å²) in [6.45, 7) is 2.42. The van der Waals surface area contributed by atoms with Crippen molar-refractivity contribution in [2.45, 2.75) is 18.4 Å². The first kappa shape index (κ1) is 20.9. The van der Waals surface area contributed by atoms with Crippen molar-refractivity contribution in [1.29, 1.82) is 0 Å². The molecule has 1 aromatic heterocycles. The van der Waals surface area contributed by atoms with Crippen LogP contribution < -0.4 is 14.8 Å². The number of rotatable bonds is 7. The third kappa shape index (κ3) is 4.77. The molecule has 0 spiro atoms. The molecule has 8 nitrogen and oxygen atoms in total. The zero-order valence-electron chi connectivity index (χ0n) is 15.7. The lowest BCUT2D eigenvalue weighted by molar-refractivity contribution is 0.101. The van der Waals surface area contributed by atoms with Crippen molar-refractivity contribution < 1.29 is 17.9 Å². The molecule has 0 radical (unpaired) electrons. The minimum absolute atomic E-state index is 0.0751. The number of methoxy groups -OCH3 is 1. The van der Waals surface area contributed by atoms with Crippen LogP contribution in [0, 0.1) is 0 Å². The Morgan fingerprint density at radius 1 is 1.10 bits per heavy atom. The molecule has 0 saturated heterocycles. The van der Waals surface area contributed by atoms with Gasteiger partial charge in [0, 0.05) is 17.9 Å². The Hall–Kier alpha value is -2.85. The van der Waals surface area contributed by atoms with Crippen molar-refractivity contribution in [3.63, 3.8) is 0 Å². The number of nitrogens with zero attached hydrogens (tertiary/aromatic N) is 2. The minimum atomic E-state index is -3.76. The van der Waals surface area contributed by atoms with Gasteiger partial charge in [0.25, 0.3) is 15.9 Å². The molecule has 0 aliphatic carbocycles. The summed E-state index contributed by atoms with van der Waals surface area (Å²) in [5.74, 6) is 0.285. The molecule has 152 valence electrons. The lowest BCUT2D eigenvalue weighted by Gasteiger charge is -2.10. The van der Waals surface area contributed by atoms with Crippen molar-refractivity contribution in [2.75, 3.05) is 17.1 Å². The van der Waals surface area contributed by atoms with Crippen LogP contribution in [-0.2, 0) is 16.6 Å². The van der Waals surface area contributed by atoms with E-state index in [1.54, 1.807) is 35.1 Å². The maximum absolute atomic E-state index is 12.6. The highest BCUT2D eigenvalue weighted by atomic mass is 79.9. The summed E-state index contributed by atoms with van der Waals surface area (Å²) in [5.41, 5.74) is 1.28. The molecule has 0 fully saturated rings. The molecule has 2 N–H and O–H groups in total. The third-order valence-corrected chi connectivity index (χ3v) is 6.05. The van der Waals surface area contributed by atoms with E-state index < -0.39 is 10.0 Å². The number of carbonyl (C=O) groups excluding carboxylic acids is 1. The van der Waals surface area contributed by atoms with Crippen LogP contribution in [-0.4, -0.2) is 31.2 Å². The molecule has 3 aromatic rings. The smallest absolute Gasteiger partial charge is 0.275 e. The second kappa shape index (κ2) is 8.66. The van der Waals surface area contributed by atoms with Crippen LogP contribution in [0.1, 0.15) is 17.4 Å². The molecule has 1 heterocycles. The van der Waals surface area contributed by atoms with Gasteiger partial charge in [0.2, 0.25) is 0 Å². The molecule has 0 aliphatic heterocycles. The van der Waals surface area contributed by atoms with Crippen molar-refractivity contribution in [3.8, 4) is 5.75 Å². The summed E-state index contributed by atoms with van der Waals surface area (Å²) < 4.78 is 34.8. The first-order valence-electron chi connectivity index (χ1n) is 8.63. The zero-order chi connectivity index (χ0) is 21.0. The van der Waals surface area contributed by atoms with Crippen LogP contribution in [0.15, 0.2) is 64.1 Å². The average Bonchev–Trinajstić information content (AvgIpc) is 3.09. The Labute approximate surface area is 177 Å². The molecule has 10 heteroatoms. The van der Waals surface area contributed by atoms with Gasteiger partial charge in [-0.25, -0.2) is 8.42 Å². The summed E-state index contributed by atoms with van der Waals surface area (Å²) in [7, 11) is -2.23. The number of nitrogens with one attached hydrogen (secondary N) is 2. The number of hydrogen-bond donors (Lipinski definition) is 2. The number of anilines is 2. The fourth-order valence-corrected chi connectivity index (χ4v) is 4.14. The van der Waals surface area contributed by atoms with Crippen LogP contribution in [0.5, 0.6) is 5.75 Å². The van der Waals surface area contributed by atoms with E-state index in [4.69, 9.17) is 4.74 Å². The van der Waals surface area contributed by atoms with Gasteiger partial charge in [-0.3, -0.25) is 14.2 Å². The van der Waals surface area contributed by atoms with E-state index in [1.165, 1.54) is 31.4 Å². The van der Waals surface area contributed by atoms with Gasteiger partial charge in [-0.05, 0) is 71.4 Å². The lowest BCUT2D eigenvalue weighted by Crippen LogP contribution is -2.18. The Balaban J connectivity index is 1.73. The predicted octanol–water partition coefficient (Wildman–Crippen LogP) is 3.73. The van der Waals surface area contributed by atoms with Crippen LogP contribution in [0.4, 0.5) is 11.4 Å². The number of sulfonamides is 1. The summed E-state index contributed by atoms with van der Waals surface area (Å²) in [5, 5.41) is 6.85. The van der Waals surface area contributed by atoms with E-state index in [0.29, 0.717) is 33.8 Å². The van der Waals surface area contributed by atoms with Gasteiger partial charge >= 0.3 is 0 Å². The zero-order valence-corrected chi connectivity index (χ0v) is 18.1. The van der Waals surface area contributed by atoms with Gasteiger partial charge in [-0.15, -0.1) is 0 Å². The van der Waals surface area contributed by atoms with Gasteiger partial charge in [0.05, 0.1) is 22.7 Å². The number of amides is 1. The molecular weight excluding hydrogens is 460 g/mol. The number of benzene rings is 2. The molecule has 0 bridgehead atoms. The Morgan fingerprint density at radius 3 is 2.31 bits per heavy atom. The Bertz CT molecular complexity index is 1110. The highest BCUT2D eigenvalue weighted by Gasteiger charge is 2.18. The fraction of sp³-hybridized carbons (Fsp3) is 0.158. The van der Waals surface area contributed by atoms with Crippen LogP contribution in [0.3, 0.4) is 0 Å². The van der Waals surface area contributed by atoms with E-state index in [2.05, 4.69) is 31.1 Å². The standard InChI is InChI=1S/C19H19BrN4O4S/c1-3-24-18(17(20)12-21-24)19(25)22-13-6-10-16(11-7-13)29(26,27)23-14-4-8-15(28-2)9-5-14/h4-12,23H,3H2,1-2H3,(H,22,25). The molecule has 0 atom stereocenters. The second-order valence-corrected chi connectivity index (χ2v) is 8.51. The molecule has 1 amide bonds. The Kier molecular flexibility index (Phi) is 6.23. The lowest BCUT2D eigenvalue weighted by atomic mass is 10.3. The normalized spacial score (nSPS) is 11.1. The second-order valence-electron chi connectivity index (χ2n) is 5.97. The number of halogens is 1.